The summed E-state index contributed by atoms with van der Waals surface area (Å²) in [5.74, 6) is -1.98. The molecule has 0 amide bonds. The minimum absolute atomic E-state index is 1.20. The minimum Gasteiger partial charge on any atom is -0.393 e. The van der Waals surface area contributed by atoms with Crippen molar-refractivity contribution in [2.45, 2.75) is 6.43 Å². The van der Waals surface area contributed by atoms with Crippen molar-refractivity contribution in [1.82, 2.24) is 0 Å². The van der Waals surface area contributed by atoms with Crippen LogP contribution in [0.5, 0.6) is 0 Å². The highest BCUT2D eigenvalue weighted by atomic mass is 19.3. The zero-order chi connectivity index (χ0) is 14.2. The molecular weight excluding hydrogens is 261 g/mol. The second-order valence-electron chi connectivity index (χ2n) is 3.07. The van der Waals surface area contributed by atoms with Crippen molar-refractivity contribution in [3.8, 4) is 0 Å². The average Bonchev–Trinajstić information content (AvgIpc) is 2.14. The summed E-state index contributed by atoms with van der Waals surface area (Å²) in [4.78, 5) is 18.3. The van der Waals surface area contributed by atoms with E-state index < -0.39 is 50.4 Å². The molecule has 0 unspecified atom stereocenters. The van der Waals surface area contributed by atoms with Crippen LogP contribution in [0, 0.1) is 26.0 Å². The molecule has 4 N–H and O–H groups in total. The number of halogens is 3. The number of nitro benzene ring substituents is 2. The van der Waals surface area contributed by atoms with Crippen molar-refractivity contribution in [3.63, 3.8) is 0 Å². The van der Waals surface area contributed by atoms with Gasteiger partial charge < -0.3 is 11.5 Å². The molecule has 0 fully saturated rings. The molecule has 0 aromatic heterocycles. The topological polar surface area (TPSA) is 138 Å². The predicted octanol–water partition coefficient (Wildman–Crippen LogP) is 1.74. The number of nitrogens with zero attached hydrogens (tertiary/aromatic N) is 2. The van der Waals surface area contributed by atoms with Crippen molar-refractivity contribution in [2.75, 3.05) is 11.5 Å². The quantitative estimate of drug-likeness (QED) is 0.485. The lowest BCUT2D eigenvalue weighted by atomic mass is 10.1. The first-order chi connectivity index (χ1) is 8.20. The van der Waals surface area contributed by atoms with Crippen LogP contribution >= 0.6 is 0 Å². The van der Waals surface area contributed by atoms with Gasteiger partial charge in [0.25, 0.3) is 6.43 Å². The first-order valence-electron chi connectivity index (χ1n) is 4.17. The molecule has 1 aromatic carbocycles. The molecule has 11 heteroatoms. The number of nitrogens with two attached hydrogens (primary N) is 2. The molecule has 0 saturated heterocycles. The standard InChI is InChI=1S/C7H5F3N4O4/c8-2-1(7(9)10)3(11)6(14(17)18)4(12)5(2)13(15)16/h7H,11-12H2. The van der Waals surface area contributed by atoms with Crippen LogP contribution in [-0.4, -0.2) is 9.85 Å². The van der Waals surface area contributed by atoms with Gasteiger partial charge in [0.05, 0.1) is 15.4 Å². The van der Waals surface area contributed by atoms with E-state index in [2.05, 4.69) is 0 Å². The number of nitrogen functional groups attached to an aromatic ring is 2. The van der Waals surface area contributed by atoms with Crippen molar-refractivity contribution in [3.05, 3.63) is 31.6 Å². The van der Waals surface area contributed by atoms with E-state index in [0.29, 0.717) is 0 Å². The summed E-state index contributed by atoms with van der Waals surface area (Å²) in [6.07, 6.45) is -3.55. The summed E-state index contributed by atoms with van der Waals surface area (Å²) in [7, 11) is 0. The Bertz CT molecular complexity index is 507. The van der Waals surface area contributed by atoms with Gasteiger partial charge in [0.15, 0.2) is 5.69 Å². The van der Waals surface area contributed by atoms with E-state index in [1.807, 2.05) is 0 Å². The molecule has 0 spiro atoms. The lowest BCUT2D eigenvalue weighted by molar-refractivity contribution is -0.393. The first-order valence-corrected chi connectivity index (χ1v) is 4.17. The number of anilines is 2. The van der Waals surface area contributed by atoms with Gasteiger partial charge in [-0.25, -0.2) is 8.78 Å². The van der Waals surface area contributed by atoms with E-state index in [-0.39, 0.29) is 0 Å². The molecule has 1 aromatic rings. The van der Waals surface area contributed by atoms with Crippen molar-refractivity contribution in [1.29, 1.82) is 0 Å². The molecule has 0 radical (unpaired) electrons. The lowest BCUT2D eigenvalue weighted by Gasteiger charge is -2.09. The Morgan fingerprint density at radius 1 is 1.00 bits per heavy atom. The Labute approximate surface area is 96.3 Å². The highest BCUT2D eigenvalue weighted by molar-refractivity contribution is 5.83. The van der Waals surface area contributed by atoms with Crippen LogP contribution in [0.4, 0.5) is 35.9 Å². The summed E-state index contributed by atoms with van der Waals surface area (Å²) in [6.45, 7) is 0. The molecule has 0 aliphatic rings. The number of rotatable bonds is 3. The lowest BCUT2D eigenvalue weighted by Crippen LogP contribution is -2.11. The zero-order valence-electron chi connectivity index (χ0n) is 8.39. The fraction of sp³-hybridized carbons (Fsp3) is 0.143. The van der Waals surface area contributed by atoms with Gasteiger partial charge in [0.2, 0.25) is 5.82 Å². The summed E-state index contributed by atoms with van der Waals surface area (Å²) in [6, 6.07) is 0. The Kier molecular flexibility index (Phi) is 3.26. The molecule has 1 rings (SSSR count). The SMILES string of the molecule is Nc1c(C(F)F)c(F)c([N+](=O)[O-])c(N)c1[N+](=O)[O-]. The van der Waals surface area contributed by atoms with E-state index in [1.54, 1.807) is 0 Å². The van der Waals surface area contributed by atoms with Gasteiger partial charge in [0.1, 0.15) is 5.69 Å². The number of hydrogen-bond donors (Lipinski definition) is 2. The smallest absolute Gasteiger partial charge is 0.335 e. The van der Waals surface area contributed by atoms with Crippen LogP contribution < -0.4 is 11.5 Å². The van der Waals surface area contributed by atoms with Gasteiger partial charge in [-0.15, -0.1) is 0 Å². The Morgan fingerprint density at radius 3 is 1.78 bits per heavy atom. The number of nitro groups is 2. The Morgan fingerprint density at radius 2 is 1.44 bits per heavy atom. The third-order valence-corrected chi connectivity index (χ3v) is 2.08. The average molecular weight is 266 g/mol. The maximum absolute atomic E-state index is 13.4. The fourth-order valence-corrected chi connectivity index (χ4v) is 1.34. The van der Waals surface area contributed by atoms with Crippen molar-refractivity contribution < 1.29 is 23.0 Å². The molecule has 8 nitrogen and oxygen atoms in total. The Balaban J connectivity index is 3.88. The highest BCUT2D eigenvalue weighted by Crippen LogP contribution is 2.44. The van der Waals surface area contributed by atoms with Gasteiger partial charge >= 0.3 is 11.4 Å². The van der Waals surface area contributed by atoms with E-state index >= 15 is 0 Å². The molecule has 0 bridgehead atoms. The molecule has 98 valence electrons. The molecular formula is C7H5F3N4O4. The minimum atomic E-state index is -3.55. The van der Waals surface area contributed by atoms with E-state index in [0.717, 1.165) is 0 Å². The molecule has 0 aliphatic heterocycles. The maximum Gasteiger partial charge on any atom is 0.335 e. The summed E-state index contributed by atoms with van der Waals surface area (Å²) in [5, 5.41) is 21.0. The molecule has 0 atom stereocenters. The van der Waals surface area contributed by atoms with Crippen molar-refractivity contribution >= 4 is 22.7 Å². The summed E-state index contributed by atoms with van der Waals surface area (Å²) < 4.78 is 38.4. The molecule has 0 heterocycles. The second-order valence-corrected chi connectivity index (χ2v) is 3.07. The third-order valence-electron chi connectivity index (χ3n) is 2.08. The van der Waals surface area contributed by atoms with Gasteiger partial charge in [-0.2, -0.15) is 4.39 Å². The van der Waals surface area contributed by atoms with Crippen LogP contribution in [0.3, 0.4) is 0 Å². The van der Waals surface area contributed by atoms with E-state index in [1.165, 1.54) is 0 Å². The second kappa shape index (κ2) is 4.35. The van der Waals surface area contributed by atoms with Gasteiger partial charge in [-0.1, -0.05) is 0 Å². The largest absolute Gasteiger partial charge is 0.393 e. The van der Waals surface area contributed by atoms with Gasteiger partial charge in [0, 0.05) is 0 Å². The van der Waals surface area contributed by atoms with E-state index in [4.69, 9.17) is 11.5 Å². The third kappa shape index (κ3) is 1.85. The first kappa shape index (κ1) is 13.5. The highest BCUT2D eigenvalue weighted by Gasteiger charge is 2.37. The fourth-order valence-electron chi connectivity index (χ4n) is 1.34. The Hall–Kier alpha value is -2.59. The van der Waals surface area contributed by atoms with Gasteiger partial charge in [-0.3, -0.25) is 20.2 Å². The number of benzene rings is 1. The summed E-state index contributed by atoms with van der Waals surface area (Å²) in [5.41, 5.74) is 3.06. The number of alkyl halides is 2. The van der Waals surface area contributed by atoms with Crippen LogP contribution in [0.15, 0.2) is 0 Å². The summed E-state index contributed by atoms with van der Waals surface area (Å²) >= 11 is 0. The van der Waals surface area contributed by atoms with Gasteiger partial charge in [-0.05, 0) is 0 Å². The van der Waals surface area contributed by atoms with Crippen LogP contribution in [-0.2, 0) is 0 Å². The molecule has 18 heavy (non-hydrogen) atoms. The molecule has 0 aliphatic carbocycles. The normalized spacial score (nSPS) is 10.7. The van der Waals surface area contributed by atoms with E-state index in [9.17, 15) is 33.4 Å². The predicted molar refractivity (Wildman–Crippen MR) is 53.5 cm³/mol. The maximum atomic E-state index is 13.4. The van der Waals surface area contributed by atoms with Crippen LogP contribution in [0.25, 0.3) is 0 Å². The molecule has 0 saturated carbocycles. The van der Waals surface area contributed by atoms with Crippen LogP contribution in [0.1, 0.15) is 12.0 Å². The monoisotopic (exact) mass is 266 g/mol. The van der Waals surface area contributed by atoms with Crippen LogP contribution in [0.2, 0.25) is 0 Å². The van der Waals surface area contributed by atoms with Crippen molar-refractivity contribution in [2.24, 2.45) is 0 Å². The number of hydrogen-bond acceptors (Lipinski definition) is 6. The zero-order valence-corrected chi connectivity index (χ0v) is 8.39.